The van der Waals surface area contributed by atoms with Crippen LogP contribution < -0.4 is 14.8 Å². The maximum atomic E-state index is 12.1. The molecule has 3 rings (SSSR count). The highest BCUT2D eigenvalue weighted by Gasteiger charge is 2.26. The first kappa shape index (κ1) is 12.1. The van der Waals surface area contributed by atoms with Crippen LogP contribution in [0.5, 0.6) is 11.5 Å². The topological polar surface area (TPSA) is 50.8 Å². The van der Waals surface area contributed by atoms with Gasteiger partial charge in [0.15, 0.2) is 11.5 Å². The molecule has 1 fully saturated rings. The van der Waals surface area contributed by atoms with Crippen LogP contribution in [0.3, 0.4) is 0 Å². The average molecular weight is 262 g/mol. The molecule has 2 amide bonds. The fourth-order valence-electron chi connectivity index (χ4n) is 2.14. The molecule has 1 aliphatic carbocycles. The summed E-state index contributed by atoms with van der Waals surface area (Å²) in [6.45, 7) is 3.45. The van der Waals surface area contributed by atoms with Crippen LogP contribution in [0, 0.1) is 0 Å². The van der Waals surface area contributed by atoms with E-state index in [1.54, 1.807) is 4.90 Å². The number of urea groups is 1. The monoisotopic (exact) mass is 262 g/mol. The molecule has 0 spiro atoms. The Morgan fingerprint density at radius 3 is 3.00 bits per heavy atom. The molecule has 2 aliphatic rings. The van der Waals surface area contributed by atoms with E-state index in [1.165, 1.54) is 0 Å². The largest absolute Gasteiger partial charge is 0.454 e. The Balaban J connectivity index is 1.71. The SMILES string of the molecule is CCN(Cc1cccc2c1OCO2)C(=O)NC1CC1. The van der Waals surface area contributed by atoms with Crippen molar-refractivity contribution in [3.8, 4) is 11.5 Å². The Labute approximate surface area is 112 Å². The molecular formula is C14H18N2O3. The minimum absolute atomic E-state index is 0.00141. The van der Waals surface area contributed by atoms with Crippen molar-refractivity contribution < 1.29 is 14.3 Å². The molecule has 0 saturated heterocycles. The molecule has 5 heteroatoms. The van der Waals surface area contributed by atoms with Crippen molar-refractivity contribution in [3.63, 3.8) is 0 Å². The van der Waals surface area contributed by atoms with Crippen LogP contribution in [0.15, 0.2) is 18.2 Å². The molecule has 0 atom stereocenters. The first-order chi connectivity index (χ1) is 9.28. The highest BCUT2D eigenvalue weighted by atomic mass is 16.7. The summed E-state index contributed by atoms with van der Waals surface area (Å²) in [4.78, 5) is 13.9. The van der Waals surface area contributed by atoms with Crippen LogP contribution in [0.1, 0.15) is 25.3 Å². The first-order valence-electron chi connectivity index (χ1n) is 6.71. The Kier molecular flexibility index (Phi) is 3.19. The molecular weight excluding hydrogens is 244 g/mol. The lowest BCUT2D eigenvalue weighted by Crippen LogP contribution is -2.40. The van der Waals surface area contributed by atoms with E-state index in [0.717, 1.165) is 29.9 Å². The van der Waals surface area contributed by atoms with Crippen molar-refractivity contribution in [1.29, 1.82) is 0 Å². The number of fused-ring (bicyclic) bond motifs is 1. The standard InChI is InChI=1S/C14H18N2O3/c1-2-16(14(17)15-11-6-7-11)8-10-4-3-5-12-13(10)19-9-18-12/h3-5,11H,2,6-9H2,1H3,(H,15,17). The van der Waals surface area contributed by atoms with E-state index < -0.39 is 0 Å². The fraction of sp³-hybridized carbons (Fsp3) is 0.500. The third-order valence-corrected chi connectivity index (χ3v) is 3.41. The summed E-state index contributed by atoms with van der Waals surface area (Å²) in [5.41, 5.74) is 0.989. The molecule has 1 aromatic rings. The summed E-state index contributed by atoms with van der Waals surface area (Å²) in [6, 6.07) is 6.16. The molecule has 0 radical (unpaired) electrons. The smallest absolute Gasteiger partial charge is 0.317 e. The lowest BCUT2D eigenvalue weighted by atomic mass is 10.1. The summed E-state index contributed by atoms with van der Waals surface area (Å²) in [6.07, 6.45) is 2.20. The van der Waals surface area contributed by atoms with Gasteiger partial charge in [-0.2, -0.15) is 0 Å². The highest BCUT2D eigenvalue weighted by molar-refractivity contribution is 5.75. The van der Waals surface area contributed by atoms with E-state index in [1.807, 2.05) is 25.1 Å². The van der Waals surface area contributed by atoms with E-state index in [4.69, 9.17) is 9.47 Å². The van der Waals surface area contributed by atoms with Gasteiger partial charge in [0.1, 0.15) is 0 Å². The molecule has 1 aliphatic heterocycles. The second-order valence-electron chi connectivity index (χ2n) is 4.89. The van der Waals surface area contributed by atoms with Gasteiger partial charge in [-0.05, 0) is 25.8 Å². The van der Waals surface area contributed by atoms with Crippen LogP contribution in [-0.2, 0) is 6.54 Å². The average Bonchev–Trinajstić information content (AvgIpc) is 3.09. The number of carbonyl (C=O) groups excluding carboxylic acids is 1. The van der Waals surface area contributed by atoms with Gasteiger partial charge >= 0.3 is 6.03 Å². The summed E-state index contributed by atoms with van der Waals surface area (Å²) < 4.78 is 10.8. The van der Waals surface area contributed by atoms with Gasteiger partial charge in [-0.3, -0.25) is 0 Å². The number of benzene rings is 1. The van der Waals surface area contributed by atoms with Crippen molar-refractivity contribution in [3.05, 3.63) is 23.8 Å². The van der Waals surface area contributed by atoms with Gasteiger partial charge in [0.2, 0.25) is 6.79 Å². The summed E-state index contributed by atoms with van der Waals surface area (Å²) in [5.74, 6) is 1.52. The number of amides is 2. The Morgan fingerprint density at radius 2 is 2.26 bits per heavy atom. The summed E-state index contributed by atoms with van der Waals surface area (Å²) in [7, 11) is 0. The molecule has 1 aromatic carbocycles. The van der Waals surface area contributed by atoms with Crippen LogP contribution >= 0.6 is 0 Å². The minimum atomic E-state index is 0.00141. The number of rotatable bonds is 4. The summed E-state index contributed by atoms with van der Waals surface area (Å²) in [5, 5.41) is 3.01. The van der Waals surface area contributed by atoms with Gasteiger partial charge < -0.3 is 19.7 Å². The lowest BCUT2D eigenvalue weighted by molar-refractivity contribution is 0.171. The number of carbonyl (C=O) groups is 1. The predicted octanol–water partition coefficient (Wildman–Crippen LogP) is 2.11. The van der Waals surface area contributed by atoms with E-state index in [2.05, 4.69) is 5.32 Å². The van der Waals surface area contributed by atoms with Crippen LogP contribution in [-0.4, -0.2) is 30.3 Å². The quantitative estimate of drug-likeness (QED) is 0.904. The molecule has 1 saturated carbocycles. The molecule has 1 N–H and O–H groups in total. The van der Waals surface area contributed by atoms with Crippen molar-refractivity contribution in [2.24, 2.45) is 0 Å². The zero-order valence-corrected chi connectivity index (χ0v) is 11.0. The Hall–Kier alpha value is -1.91. The van der Waals surface area contributed by atoms with Gasteiger partial charge in [-0.25, -0.2) is 4.79 Å². The number of nitrogens with zero attached hydrogens (tertiary/aromatic N) is 1. The van der Waals surface area contributed by atoms with Crippen molar-refractivity contribution in [2.75, 3.05) is 13.3 Å². The van der Waals surface area contributed by atoms with Crippen molar-refractivity contribution in [2.45, 2.75) is 32.4 Å². The lowest BCUT2D eigenvalue weighted by Gasteiger charge is -2.22. The third-order valence-electron chi connectivity index (χ3n) is 3.41. The second-order valence-corrected chi connectivity index (χ2v) is 4.89. The van der Waals surface area contributed by atoms with Crippen LogP contribution in [0.2, 0.25) is 0 Å². The number of nitrogens with one attached hydrogen (secondary N) is 1. The Morgan fingerprint density at radius 1 is 1.42 bits per heavy atom. The summed E-state index contributed by atoms with van der Waals surface area (Å²) >= 11 is 0. The fourth-order valence-corrected chi connectivity index (χ4v) is 2.14. The zero-order valence-electron chi connectivity index (χ0n) is 11.0. The number of hydrogen-bond donors (Lipinski definition) is 1. The molecule has 0 aromatic heterocycles. The predicted molar refractivity (Wildman–Crippen MR) is 70.2 cm³/mol. The minimum Gasteiger partial charge on any atom is -0.454 e. The molecule has 5 nitrogen and oxygen atoms in total. The second kappa shape index (κ2) is 4.99. The molecule has 102 valence electrons. The van der Waals surface area contributed by atoms with Crippen LogP contribution in [0.25, 0.3) is 0 Å². The van der Waals surface area contributed by atoms with Crippen molar-refractivity contribution >= 4 is 6.03 Å². The van der Waals surface area contributed by atoms with E-state index in [-0.39, 0.29) is 12.8 Å². The van der Waals surface area contributed by atoms with Gasteiger partial charge in [-0.1, -0.05) is 12.1 Å². The van der Waals surface area contributed by atoms with Gasteiger partial charge in [-0.15, -0.1) is 0 Å². The molecule has 0 bridgehead atoms. The van der Waals surface area contributed by atoms with Crippen LogP contribution in [0.4, 0.5) is 4.79 Å². The van der Waals surface area contributed by atoms with Gasteiger partial charge in [0.05, 0.1) is 6.54 Å². The maximum absolute atomic E-state index is 12.1. The number of hydrogen-bond acceptors (Lipinski definition) is 3. The Bertz CT molecular complexity index is 486. The van der Waals surface area contributed by atoms with E-state index >= 15 is 0 Å². The number of ether oxygens (including phenoxy) is 2. The maximum Gasteiger partial charge on any atom is 0.317 e. The third kappa shape index (κ3) is 2.59. The zero-order chi connectivity index (χ0) is 13.2. The first-order valence-corrected chi connectivity index (χ1v) is 6.71. The number of para-hydroxylation sites is 1. The van der Waals surface area contributed by atoms with Gasteiger partial charge in [0.25, 0.3) is 0 Å². The van der Waals surface area contributed by atoms with Crippen molar-refractivity contribution in [1.82, 2.24) is 10.2 Å². The van der Waals surface area contributed by atoms with Gasteiger partial charge in [0, 0.05) is 18.2 Å². The molecule has 0 unspecified atom stereocenters. The molecule has 19 heavy (non-hydrogen) atoms. The normalized spacial score (nSPS) is 16.3. The highest BCUT2D eigenvalue weighted by Crippen LogP contribution is 2.35. The van der Waals surface area contributed by atoms with E-state index in [0.29, 0.717) is 19.1 Å². The molecule has 1 heterocycles. The van der Waals surface area contributed by atoms with E-state index in [9.17, 15) is 4.79 Å².